The molecule has 0 saturated carbocycles. The van der Waals surface area contributed by atoms with Gasteiger partial charge in [0.15, 0.2) is 0 Å². The van der Waals surface area contributed by atoms with Crippen LogP contribution in [-0.4, -0.2) is 31.3 Å². The van der Waals surface area contributed by atoms with Crippen LogP contribution in [0.25, 0.3) is 0 Å². The SMILES string of the molecule is C=C(/C=C\C(=C/C)CN(Cc1ccc(OC)cc1)SC)OC. The number of allylic oxidation sites excluding steroid dienone is 2. The van der Waals surface area contributed by atoms with Gasteiger partial charge in [-0.25, -0.2) is 4.31 Å². The predicted molar refractivity (Wildman–Crippen MR) is 96.0 cm³/mol. The molecule has 4 heteroatoms. The molecule has 1 aromatic rings. The van der Waals surface area contributed by atoms with Crippen LogP contribution < -0.4 is 4.74 Å². The van der Waals surface area contributed by atoms with E-state index in [1.165, 1.54) is 11.1 Å². The fourth-order valence-corrected chi connectivity index (χ4v) is 2.39. The lowest BCUT2D eigenvalue weighted by Gasteiger charge is -2.20. The standard InChI is InChI=1S/C18H25NO2S/c1-6-16(8-7-15(2)20-3)13-19(22-5)14-17-9-11-18(21-4)12-10-17/h6-12H,2,13-14H2,1,3-5H3/b8-7-,16-6+. The van der Waals surface area contributed by atoms with Gasteiger partial charge in [-0.3, -0.25) is 0 Å². The maximum atomic E-state index is 5.19. The first-order chi connectivity index (χ1) is 10.6. The molecule has 0 unspecified atom stereocenters. The third-order valence-electron chi connectivity index (χ3n) is 3.25. The summed E-state index contributed by atoms with van der Waals surface area (Å²) < 4.78 is 12.5. The van der Waals surface area contributed by atoms with Crippen LogP contribution in [0.3, 0.4) is 0 Å². The minimum atomic E-state index is 0.658. The Morgan fingerprint density at radius 1 is 1.23 bits per heavy atom. The highest BCUT2D eigenvalue weighted by Crippen LogP contribution is 2.18. The van der Waals surface area contributed by atoms with Crippen molar-refractivity contribution in [2.75, 3.05) is 27.0 Å². The van der Waals surface area contributed by atoms with Gasteiger partial charge in [0.25, 0.3) is 0 Å². The third kappa shape index (κ3) is 6.41. The van der Waals surface area contributed by atoms with Gasteiger partial charge < -0.3 is 9.47 Å². The monoisotopic (exact) mass is 319 g/mol. The van der Waals surface area contributed by atoms with Crippen LogP contribution in [0.5, 0.6) is 5.75 Å². The zero-order chi connectivity index (χ0) is 16.4. The smallest absolute Gasteiger partial charge is 0.118 e. The van der Waals surface area contributed by atoms with Crippen LogP contribution in [-0.2, 0) is 11.3 Å². The Kier molecular flexibility index (Phi) is 8.48. The normalized spacial score (nSPS) is 12.0. The Bertz CT molecular complexity index is 520. The summed E-state index contributed by atoms with van der Waals surface area (Å²) in [6, 6.07) is 8.18. The molecule has 0 aliphatic rings. The molecule has 0 fully saturated rings. The fraction of sp³-hybridized carbons (Fsp3) is 0.333. The minimum absolute atomic E-state index is 0.658. The predicted octanol–water partition coefficient (Wildman–Crippen LogP) is 4.44. The molecule has 0 aliphatic carbocycles. The van der Waals surface area contributed by atoms with Crippen molar-refractivity contribution in [3.8, 4) is 5.75 Å². The number of nitrogens with zero attached hydrogens (tertiary/aromatic N) is 1. The fourth-order valence-electron chi connectivity index (χ4n) is 1.83. The maximum Gasteiger partial charge on any atom is 0.118 e. The first-order valence-electron chi connectivity index (χ1n) is 7.11. The van der Waals surface area contributed by atoms with Gasteiger partial charge in [-0.1, -0.05) is 42.8 Å². The Hall–Kier alpha value is -1.65. The van der Waals surface area contributed by atoms with Crippen molar-refractivity contribution >= 4 is 11.9 Å². The molecule has 0 aromatic heterocycles. The zero-order valence-electron chi connectivity index (χ0n) is 13.8. The lowest BCUT2D eigenvalue weighted by molar-refractivity contribution is 0.309. The highest BCUT2D eigenvalue weighted by Gasteiger charge is 2.06. The Labute approximate surface area is 138 Å². The van der Waals surface area contributed by atoms with Crippen molar-refractivity contribution in [3.63, 3.8) is 0 Å². The van der Waals surface area contributed by atoms with Crippen molar-refractivity contribution in [3.05, 3.63) is 66.0 Å². The van der Waals surface area contributed by atoms with Gasteiger partial charge in [0.05, 0.1) is 14.2 Å². The molecular formula is C18H25NO2S. The van der Waals surface area contributed by atoms with Gasteiger partial charge in [-0.15, -0.1) is 0 Å². The second kappa shape index (κ2) is 10.1. The van der Waals surface area contributed by atoms with E-state index in [9.17, 15) is 0 Å². The van der Waals surface area contributed by atoms with Crippen molar-refractivity contribution in [1.82, 2.24) is 4.31 Å². The van der Waals surface area contributed by atoms with Crippen molar-refractivity contribution in [2.24, 2.45) is 0 Å². The van der Waals surface area contributed by atoms with Gasteiger partial charge in [0.1, 0.15) is 11.5 Å². The molecule has 0 heterocycles. The quantitative estimate of drug-likeness (QED) is 0.381. The van der Waals surface area contributed by atoms with Crippen molar-refractivity contribution in [1.29, 1.82) is 0 Å². The molecule has 0 saturated heterocycles. The van der Waals surface area contributed by atoms with E-state index in [0.29, 0.717) is 5.76 Å². The van der Waals surface area contributed by atoms with E-state index in [0.717, 1.165) is 18.8 Å². The first kappa shape index (κ1) is 18.4. The summed E-state index contributed by atoms with van der Waals surface area (Å²) in [4.78, 5) is 0. The zero-order valence-corrected chi connectivity index (χ0v) is 14.7. The Morgan fingerprint density at radius 2 is 1.91 bits per heavy atom. The Morgan fingerprint density at radius 3 is 2.41 bits per heavy atom. The molecule has 1 aromatic carbocycles. The second-order valence-electron chi connectivity index (χ2n) is 4.70. The highest BCUT2D eigenvalue weighted by atomic mass is 32.2. The molecule has 0 radical (unpaired) electrons. The molecular weight excluding hydrogens is 294 g/mol. The summed E-state index contributed by atoms with van der Waals surface area (Å²) >= 11 is 1.73. The van der Waals surface area contributed by atoms with Gasteiger partial charge in [0, 0.05) is 13.1 Å². The molecule has 120 valence electrons. The van der Waals surface area contributed by atoms with Gasteiger partial charge in [0.2, 0.25) is 0 Å². The highest BCUT2D eigenvalue weighted by molar-refractivity contribution is 7.96. The van der Waals surface area contributed by atoms with Crippen LogP contribution in [0, 0.1) is 0 Å². The molecule has 0 N–H and O–H groups in total. The molecule has 22 heavy (non-hydrogen) atoms. The van der Waals surface area contributed by atoms with E-state index in [-0.39, 0.29) is 0 Å². The van der Waals surface area contributed by atoms with Crippen LogP contribution in [0.15, 0.2) is 60.4 Å². The van der Waals surface area contributed by atoms with E-state index < -0.39 is 0 Å². The van der Waals surface area contributed by atoms with Crippen molar-refractivity contribution < 1.29 is 9.47 Å². The lowest BCUT2D eigenvalue weighted by Crippen LogP contribution is -2.17. The van der Waals surface area contributed by atoms with Crippen molar-refractivity contribution in [2.45, 2.75) is 13.5 Å². The summed E-state index contributed by atoms with van der Waals surface area (Å²) in [6.07, 6.45) is 8.13. The van der Waals surface area contributed by atoms with E-state index in [4.69, 9.17) is 9.47 Å². The number of rotatable bonds is 9. The number of ether oxygens (including phenoxy) is 2. The molecule has 0 spiro atoms. The van der Waals surface area contributed by atoms with Crippen LogP contribution in [0.4, 0.5) is 0 Å². The maximum absolute atomic E-state index is 5.19. The first-order valence-corrected chi connectivity index (χ1v) is 8.29. The number of methoxy groups -OCH3 is 2. The number of benzene rings is 1. The summed E-state index contributed by atoms with van der Waals surface area (Å²) in [6.45, 7) is 7.57. The largest absolute Gasteiger partial charge is 0.497 e. The van der Waals surface area contributed by atoms with E-state index >= 15 is 0 Å². The number of hydrogen-bond acceptors (Lipinski definition) is 4. The van der Waals surface area contributed by atoms with Gasteiger partial charge >= 0.3 is 0 Å². The topological polar surface area (TPSA) is 21.7 Å². The third-order valence-corrected chi connectivity index (χ3v) is 4.03. The Balaban J connectivity index is 2.66. The van der Waals surface area contributed by atoms with E-state index in [1.54, 1.807) is 26.2 Å². The molecule has 0 amide bonds. The van der Waals surface area contributed by atoms with E-state index in [1.807, 2.05) is 31.2 Å². The lowest BCUT2D eigenvalue weighted by atomic mass is 10.2. The number of hydrogen-bond donors (Lipinski definition) is 0. The van der Waals surface area contributed by atoms with Gasteiger partial charge in [-0.05, 0) is 42.5 Å². The van der Waals surface area contributed by atoms with Crippen LogP contribution >= 0.6 is 11.9 Å². The van der Waals surface area contributed by atoms with E-state index in [2.05, 4.69) is 35.3 Å². The minimum Gasteiger partial charge on any atom is -0.497 e. The average molecular weight is 319 g/mol. The molecule has 0 bridgehead atoms. The summed E-state index contributed by atoms with van der Waals surface area (Å²) in [7, 11) is 3.31. The molecule has 1 rings (SSSR count). The summed E-state index contributed by atoms with van der Waals surface area (Å²) in [5.74, 6) is 1.54. The van der Waals surface area contributed by atoms with Gasteiger partial charge in [-0.2, -0.15) is 0 Å². The molecule has 3 nitrogen and oxygen atoms in total. The van der Waals surface area contributed by atoms with Crippen LogP contribution in [0.2, 0.25) is 0 Å². The summed E-state index contributed by atoms with van der Waals surface area (Å²) in [5, 5.41) is 0. The van der Waals surface area contributed by atoms with Crippen LogP contribution in [0.1, 0.15) is 12.5 Å². The second-order valence-corrected chi connectivity index (χ2v) is 5.58. The average Bonchev–Trinajstić information content (AvgIpc) is 2.57. The molecule has 0 aliphatic heterocycles. The summed E-state index contributed by atoms with van der Waals surface area (Å²) in [5.41, 5.74) is 2.48. The molecule has 0 atom stereocenters.